The molecule has 0 saturated carbocycles. The van der Waals surface area contributed by atoms with Gasteiger partial charge in [-0.3, -0.25) is 4.99 Å². The van der Waals surface area contributed by atoms with Crippen molar-refractivity contribution in [2.45, 2.75) is 46.1 Å². The van der Waals surface area contributed by atoms with Gasteiger partial charge in [-0.05, 0) is 40.5 Å². The van der Waals surface area contributed by atoms with E-state index in [-0.39, 0.29) is 6.09 Å². The molecule has 0 unspecified atom stereocenters. The van der Waals surface area contributed by atoms with Gasteiger partial charge >= 0.3 is 6.09 Å². The van der Waals surface area contributed by atoms with Gasteiger partial charge in [0.2, 0.25) is 0 Å². The quantitative estimate of drug-likeness (QED) is 0.467. The number of carbonyl (C=O) groups is 1. The van der Waals surface area contributed by atoms with E-state index in [0.717, 1.165) is 25.6 Å². The van der Waals surface area contributed by atoms with E-state index in [1.807, 2.05) is 20.8 Å². The lowest BCUT2D eigenvalue weighted by atomic mass is 10.2. The molecule has 116 valence electrons. The fourth-order valence-electron chi connectivity index (χ4n) is 1.99. The SMILES string of the molecule is CCNC(=NCCNC(=O)OC(C)(C)C)N1CCCC1. The first-order valence-electron chi connectivity index (χ1n) is 7.42. The number of nitrogens with one attached hydrogen (secondary N) is 2. The van der Waals surface area contributed by atoms with Gasteiger partial charge in [0, 0.05) is 26.2 Å². The van der Waals surface area contributed by atoms with E-state index >= 15 is 0 Å². The van der Waals surface area contributed by atoms with E-state index in [0.29, 0.717) is 13.1 Å². The second kappa shape index (κ2) is 7.97. The minimum atomic E-state index is -0.460. The van der Waals surface area contributed by atoms with Crippen LogP contribution in [0.4, 0.5) is 4.79 Å². The minimum Gasteiger partial charge on any atom is -0.444 e. The Morgan fingerprint density at radius 2 is 1.90 bits per heavy atom. The maximum atomic E-state index is 11.5. The molecule has 0 spiro atoms. The number of aliphatic imine (C=N–C) groups is 1. The van der Waals surface area contributed by atoms with E-state index in [1.54, 1.807) is 0 Å². The second-order valence-corrected chi connectivity index (χ2v) is 5.86. The molecule has 1 aliphatic rings. The molecule has 6 nitrogen and oxygen atoms in total. The maximum Gasteiger partial charge on any atom is 0.407 e. The minimum absolute atomic E-state index is 0.390. The van der Waals surface area contributed by atoms with E-state index in [9.17, 15) is 4.79 Å². The number of carbonyl (C=O) groups excluding carboxylic acids is 1. The van der Waals surface area contributed by atoms with Gasteiger partial charge in [0.25, 0.3) is 0 Å². The Bertz CT molecular complexity index is 331. The van der Waals surface area contributed by atoms with Crippen molar-refractivity contribution in [2.24, 2.45) is 4.99 Å². The molecule has 6 heteroatoms. The van der Waals surface area contributed by atoms with Crippen LogP contribution in [0.3, 0.4) is 0 Å². The van der Waals surface area contributed by atoms with Crippen molar-refractivity contribution >= 4 is 12.1 Å². The first kappa shape index (κ1) is 16.6. The van der Waals surface area contributed by atoms with Gasteiger partial charge in [-0.15, -0.1) is 0 Å². The van der Waals surface area contributed by atoms with Crippen LogP contribution < -0.4 is 10.6 Å². The molecule has 1 fully saturated rings. The zero-order valence-electron chi connectivity index (χ0n) is 13.2. The number of guanidine groups is 1. The van der Waals surface area contributed by atoms with Crippen LogP contribution in [0.1, 0.15) is 40.5 Å². The number of amides is 1. The normalized spacial score (nSPS) is 16.2. The van der Waals surface area contributed by atoms with Gasteiger partial charge in [-0.25, -0.2) is 4.79 Å². The molecule has 1 saturated heterocycles. The summed E-state index contributed by atoms with van der Waals surface area (Å²) in [6.07, 6.45) is 2.06. The van der Waals surface area contributed by atoms with Crippen molar-refractivity contribution < 1.29 is 9.53 Å². The van der Waals surface area contributed by atoms with Crippen molar-refractivity contribution in [3.63, 3.8) is 0 Å². The van der Waals surface area contributed by atoms with Crippen LogP contribution in [0.25, 0.3) is 0 Å². The van der Waals surface area contributed by atoms with Crippen molar-refractivity contribution in [1.29, 1.82) is 0 Å². The summed E-state index contributed by atoms with van der Waals surface area (Å²) in [6, 6.07) is 0. The number of hydrogen-bond acceptors (Lipinski definition) is 3. The zero-order valence-corrected chi connectivity index (χ0v) is 13.2. The smallest absolute Gasteiger partial charge is 0.407 e. The third-order valence-corrected chi connectivity index (χ3v) is 2.78. The second-order valence-electron chi connectivity index (χ2n) is 5.86. The predicted molar refractivity (Wildman–Crippen MR) is 81.0 cm³/mol. The molecular formula is C14H28N4O2. The predicted octanol–water partition coefficient (Wildman–Crippen LogP) is 1.57. The molecule has 2 N–H and O–H groups in total. The average Bonchev–Trinajstić information content (AvgIpc) is 2.84. The first-order valence-corrected chi connectivity index (χ1v) is 7.42. The summed E-state index contributed by atoms with van der Waals surface area (Å²) in [5.41, 5.74) is -0.460. The van der Waals surface area contributed by atoms with Gasteiger partial charge < -0.3 is 20.3 Å². The number of hydrogen-bond donors (Lipinski definition) is 2. The van der Waals surface area contributed by atoms with Gasteiger partial charge in [0.05, 0.1) is 6.54 Å². The Hall–Kier alpha value is -1.46. The summed E-state index contributed by atoms with van der Waals surface area (Å²) in [4.78, 5) is 18.3. The number of rotatable bonds is 4. The van der Waals surface area contributed by atoms with Crippen LogP contribution in [0, 0.1) is 0 Å². The fraction of sp³-hybridized carbons (Fsp3) is 0.857. The fourth-order valence-corrected chi connectivity index (χ4v) is 1.99. The highest BCUT2D eigenvalue weighted by Crippen LogP contribution is 2.07. The number of nitrogens with zero attached hydrogens (tertiary/aromatic N) is 2. The van der Waals surface area contributed by atoms with E-state index in [4.69, 9.17) is 4.74 Å². The van der Waals surface area contributed by atoms with Crippen LogP contribution in [0.15, 0.2) is 4.99 Å². The molecule has 0 atom stereocenters. The number of ether oxygens (including phenoxy) is 1. The van der Waals surface area contributed by atoms with Crippen molar-refractivity contribution in [2.75, 3.05) is 32.7 Å². The highest BCUT2D eigenvalue weighted by atomic mass is 16.6. The van der Waals surface area contributed by atoms with Crippen LogP contribution in [-0.4, -0.2) is 55.3 Å². The highest BCUT2D eigenvalue weighted by molar-refractivity contribution is 5.80. The molecule has 20 heavy (non-hydrogen) atoms. The summed E-state index contributed by atoms with van der Waals surface area (Å²) >= 11 is 0. The van der Waals surface area contributed by atoms with Crippen LogP contribution in [0.5, 0.6) is 0 Å². The van der Waals surface area contributed by atoms with E-state index in [2.05, 4.69) is 27.4 Å². The summed E-state index contributed by atoms with van der Waals surface area (Å²) < 4.78 is 5.17. The molecule has 0 aromatic heterocycles. The van der Waals surface area contributed by atoms with Gasteiger partial charge in [-0.1, -0.05) is 0 Å². The maximum absolute atomic E-state index is 11.5. The van der Waals surface area contributed by atoms with Crippen molar-refractivity contribution in [3.05, 3.63) is 0 Å². The highest BCUT2D eigenvalue weighted by Gasteiger charge is 2.16. The standard InChI is InChI=1S/C14H28N4O2/c1-5-15-12(18-10-6-7-11-18)16-8-9-17-13(19)20-14(2,3)4/h5-11H2,1-4H3,(H,15,16)(H,17,19). The summed E-state index contributed by atoms with van der Waals surface area (Å²) in [5.74, 6) is 0.941. The Kier molecular flexibility index (Phi) is 6.61. The molecule has 0 aliphatic carbocycles. The zero-order chi connectivity index (χ0) is 15.0. The first-order chi connectivity index (χ1) is 9.42. The van der Waals surface area contributed by atoms with Crippen LogP contribution in [-0.2, 0) is 4.74 Å². The molecule has 1 heterocycles. The molecule has 1 aliphatic heterocycles. The van der Waals surface area contributed by atoms with Crippen LogP contribution in [0.2, 0.25) is 0 Å². The molecular weight excluding hydrogens is 256 g/mol. The van der Waals surface area contributed by atoms with Crippen molar-refractivity contribution in [3.8, 4) is 0 Å². The Balaban J connectivity index is 2.31. The third kappa shape index (κ3) is 6.63. The van der Waals surface area contributed by atoms with Crippen molar-refractivity contribution in [1.82, 2.24) is 15.5 Å². The van der Waals surface area contributed by atoms with Gasteiger partial charge in [-0.2, -0.15) is 0 Å². The lowest BCUT2D eigenvalue weighted by Crippen LogP contribution is -2.40. The Morgan fingerprint density at radius 3 is 2.45 bits per heavy atom. The Labute approximate surface area is 122 Å². The molecule has 0 aromatic carbocycles. The van der Waals surface area contributed by atoms with Gasteiger partial charge in [0.1, 0.15) is 5.60 Å². The summed E-state index contributed by atoms with van der Waals surface area (Å²) in [6.45, 7) is 11.6. The Morgan fingerprint density at radius 1 is 1.25 bits per heavy atom. The molecule has 0 radical (unpaired) electrons. The molecule has 0 aromatic rings. The summed E-state index contributed by atoms with van der Waals surface area (Å²) in [7, 11) is 0. The van der Waals surface area contributed by atoms with Gasteiger partial charge in [0.15, 0.2) is 5.96 Å². The van der Waals surface area contributed by atoms with E-state index < -0.39 is 5.60 Å². The number of likely N-dealkylation sites (tertiary alicyclic amines) is 1. The third-order valence-electron chi connectivity index (χ3n) is 2.78. The topological polar surface area (TPSA) is 66.0 Å². The lowest BCUT2D eigenvalue weighted by molar-refractivity contribution is 0.0529. The lowest BCUT2D eigenvalue weighted by Gasteiger charge is -2.21. The van der Waals surface area contributed by atoms with E-state index in [1.165, 1.54) is 12.8 Å². The number of alkyl carbamates (subject to hydrolysis) is 1. The summed E-state index contributed by atoms with van der Waals surface area (Å²) in [5, 5.41) is 6.00. The van der Waals surface area contributed by atoms with Crippen LogP contribution >= 0.6 is 0 Å². The molecule has 0 bridgehead atoms. The molecule has 1 rings (SSSR count). The molecule has 1 amide bonds. The largest absolute Gasteiger partial charge is 0.444 e. The monoisotopic (exact) mass is 284 g/mol. The average molecular weight is 284 g/mol.